The van der Waals surface area contributed by atoms with Gasteiger partial charge in [0.05, 0.1) is 5.56 Å². The van der Waals surface area contributed by atoms with Gasteiger partial charge in [0.1, 0.15) is 17.5 Å². The van der Waals surface area contributed by atoms with Gasteiger partial charge >= 0.3 is 5.97 Å². The minimum atomic E-state index is -1.13. The fourth-order valence-electron chi connectivity index (χ4n) is 3.32. The van der Waals surface area contributed by atoms with Crippen molar-refractivity contribution in [3.8, 4) is 23.0 Å². The number of aromatic carboxylic acids is 1. The van der Waals surface area contributed by atoms with Crippen molar-refractivity contribution in [1.82, 2.24) is 0 Å². The minimum Gasteiger partial charge on any atom is -0.478 e. The number of carbonyl (C=O) groups excluding carboxylic acids is 1. The maximum absolute atomic E-state index is 13.3. The molecule has 4 nitrogen and oxygen atoms in total. The van der Waals surface area contributed by atoms with Crippen molar-refractivity contribution in [2.75, 3.05) is 5.32 Å². The molecule has 0 fully saturated rings. The third kappa shape index (κ3) is 5.75. The largest absolute Gasteiger partial charge is 0.478 e. The summed E-state index contributed by atoms with van der Waals surface area (Å²) in [5.41, 5.74) is 2.47. The topological polar surface area (TPSA) is 66.4 Å². The van der Waals surface area contributed by atoms with Crippen LogP contribution in [0.5, 0.6) is 0 Å². The van der Waals surface area contributed by atoms with Crippen LogP contribution in [0.4, 0.5) is 18.9 Å². The Morgan fingerprint density at radius 1 is 0.686 bits per heavy atom. The van der Waals surface area contributed by atoms with Gasteiger partial charge in [0.15, 0.2) is 0 Å². The predicted octanol–water partition coefficient (Wildman–Crippen LogP) is 6.12. The molecule has 0 spiro atoms. The summed E-state index contributed by atoms with van der Waals surface area (Å²) in [6, 6.07) is 19.4. The minimum absolute atomic E-state index is 0.0228. The van der Waals surface area contributed by atoms with Crippen molar-refractivity contribution in [2.24, 2.45) is 0 Å². The van der Waals surface area contributed by atoms with E-state index in [2.05, 4.69) is 17.2 Å². The van der Waals surface area contributed by atoms with E-state index in [4.69, 9.17) is 0 Å². The van der Waals surface area contributed by atoms with Crippen LogP contribution < -0.4 is 5.32 Å². The molecule has 2 N–H and O–H groups in total. The maximum Gasteiger partial charge on any atom is 0.336 e. The lowest BCUT2D eigenvalue weighted by Crippen LogP contribution is -2.12. The predicted molar refractivity (Wildman–Crippen MR) is 126 cm³/mol. The van der Waals surface area contributed by atoms with E-state index >= 15 is 0 Å². The normalized spacial score (nSPS) is 10.3. The highest BCUT2D eigenvalue weighted by Crippen LogP contribution is 2.23. The van der Waals surface area contributed by atoms with Crippen molar-refractivity contribution in [3.63, 3.8) is 0 Å². The Morgan fingerprint density at radius 2 is 1.31 bits per heavy atom. The summed E-state index contributed by atoms with van der Waals surface area (Å²) in [6.07, 6.45) is 0. The van der Waals surface area contributed by atoms with E-state index in [9.17, 15) is 27.9 Å². The van der Waals surface area contributed by atoms with Crippen LogP contribution in [-0.4, -0.2) is 17.0 Å². The van der Waals surface area contributed by atoms with Crippen LogP contribution in [0.15, 0.2) is 84.9 Å². The van der Waals surface area contributed by atoms with Crippen molar-refractivity contribution in [1.29, 1.82) is 0 Å². The van der Waals surface area contributed by atoms with Crippen molar-refractivity contribution < 1.29 is 27.9 Å². The summed E-state index contributed by atoms with van der Waals surface area (Å²) in [6.45, 7) is 0. The van der Waals surface area contributed by atoms with E-state index in [1.807, 2.05) is 0 Å². The second kappa shape index (κ2) is 9.98. The molecule has 0 bridgehead atoms. The Bertz CT molecular complexity index is 1460. The molecule has 35 heavy (non-hydrogen) atoms. The lowest BCUT2D eigenvalue weighted by molar-refractivity contribution is 0.0696. The van der Waals surface area contributed by atoms with Gasteiger partial charge in [-0.2, -0.15) is 0 Å². The van der Waals surface area contributed by atoms with E-state index in [-0.39, 0.29) is 22.5 Å². The highest BCUT2D eigenvalue weighted by Gasteiger charge is 2.11. The number of hydrogen-bond acceptors (Lipinski definition) is 2. The molecule has 4 rings (SSSR count). The van der Waals surface area contributed by atoms with Gasteiger partial charge in [0, 0.05) is 28.4 Å². The molecular formula is C28H16F3NO3. The van der Waals surface area contributed by atoms with E-state index in [0.29, 0.717) is 28.4 Å². The van der Waals surface area contributed by atoms with Crippen LogP contribution in [0.25, 0.3) is 11.1 Å². The molecule has 0 radical (unpaired) electrons. The Kier molecular flexibility index (Phi) is 6.65. The Balaban J connectivity index is 1.55. The number of carboxylic acid groups (broad SMARTS) is 1. The molecule has 7 heteroatoms. The van der Waals surface area contributed by atoms with Crippen LogP contribution >= 0.6 is 0 Å². The van der Waals surface area contributed by atoms with E-state index in [0.717, 1.165) is 12.1 Å². The number of carboxylic acids is 1. The van der Waals surface area contributed by atoms with Gasteiger partial charge in [-0.3, -0.25) is 4.79 Å². The zero-order chi connectivity index (χ0) is 24.9. The van der Waals surface area contributed by atoms with Gasteiger partial charge in [-0.05, 0) is 71.8 Å². The molecule has 4 aromatic rings. The van der Waals surface area contributed by atoms with E-state index in [1.165, 1.54) is 18.2 Å². The molecule has 172 valence electrons. The van der Waals surface area contributed by atoms with Crippen LogP contribution in [0.3, 0.4) is 0 Å². The standard InChI is InChI=1S/C28H16F3NO3/c29-22-8-5-18(6-9-22)19-7-12-26(28(34)35)20(13-19)4-1-17-2-10-25(11-3-17)32-27(33)21-14-23(30)16-24(31)15-21/h2-3,5-16H,(H,32,33)(H,34,35). The van der Waals surface area contributed by atoms with Crippen LogP contribution in [0.1, 0.15) is 31.8 Å². The van der Waals surface area contributed by atoms with Crippen molar-refractivity contribution in [3.05, 3.63) is 125 Å². The molecule has 0 aliphatic rings. The van der Waals surface area contributed by atoms with Gasteiger partial charge in [-0.1, -0.05) is 30.0 Å². The lowest BCUT2D eigenvalue weighted by atomic mass is 9.99. The molecule has 1 amide bonds. The first kappa shape index (κ1) is 23.3. The summed E-state index contributed by atoms with van der Waals surface area (Å²) in [7, 11) is 0. The van der Waals surface area contributed by atoms with E-state index < -0.39 is 23.5 Å². The molecule has 4 aromatic carbocycles. The smallest absolute Gasteiger partial charge is 0.336 e. The summed E-state index contributed by atoms with van der Waals surface area (Å²) in [4.78, 5) is 23.9. The van der Waals surface area contributed by atoms with Crippen molar-refractivity contribution in [2.45, 2.75) is 0 Å². The molecule has 0 aliphatic carbocycles. The molecule has 0 atom stereocenters. The highest BCUT2D eigenvalue weighted by atomic mass is 19.1. The summed E-state index contributed by atoms with van der Waals surface area (Å²) < 4.78 is 39.9. The number of carbonyl (C=O) groups is 2. The third-order valence-electron chi connectivity index (χ3n) is 5.04. The van der Waals surface area contributed by atoms with E-state index in [1.54, 1.807) is 48.5 Å². The number of amides is 1. The third-order valence-corrected chi connectivity index (χ3v) is 5.04. The Morgan fingerprint density at radius 3 is 1.94 bits per heavy atom. The molecule has 0 aromatic heterocycles. The second-order valence-corrected chi connectivity index (χ2v) is 7.51. The summed E-state index contributed by atoms with van der Waals surface area (Å²) >= 11 is 0. The van der Waals surface area contributed by atoms with Gasteiger partial charge in [0.2, 0.25) is 0 Å². The van der Waals surface area contributed by atoms with Gasteiger partial charge in [0.25, 0.3) is 5.91 Å². The van der Waals surface area contributed by atoms with Crippen LogP contribution in [0.2, 0.25) is 0 Å². The van der Waals surface area contributed by atoms with Gasteiger partial charge in [-0.25, -0.2) is 18.0 Å². The van der Waals surface area contributed by atoms with Gasteiger partial charge in [-0.15, -0.1) is 0 Å². The van der Waals surface area contributed by atoms with Crippen LogP contribution in [0, 0.1) is 29.3 Å². The zero-order valence-corrected chi connectivity index (χ0v) is 18.0. The number of nitrogens with one attached hydrogen (secondary N) is 1. The summed E-state index contributed by atoms with van der Waals surface area (Å²) in [5, 5.41) is 12.0. The molecule has 0 saturated carbocycles. The monoisotopic (exact) mass is 471 g/mol. The zero-order valence-electron chi connectivity index (χ0n) is 18.0. The van der Waals surface area contributed by atoms with Crippen LogP contribution in [-0.2, 0) is 0 Å². The van der Waals surface area contributed by atoms with Gasteiger partial charge < -0.3 is 10.4 Å². The SMILES string of the molecule is O=C(Nc1ccc(C#Cc2cc(-c3ccc(F)cc3)ccc2C(=O)O)cc1)c1cc(F)cc(F)c1. The molecule has 0 heterocycles. The number of halogens is 3. The number of benzene rings is 4. The molecule has 0 aliphatic heterocycles. The first-order chi connectivity index (χ1) is 16.8. The first-order valence-electron chi connectivity index (χ1n) is 10.3. The maximum atomic E-state index is 13.3. The average Bonchev–Trinajstić information content (AvgIpc) is 2.83. The fraction of sp³-hybridized carbons (Fsp3) is 0. The number of rotatable bonds is 4. The quantitative estimate of drug-likeness (QED) is 0.353. The number of hydrogen-bond donors (Lipinski definition) is 2. The second-order valence-electron chi connectivity index (χ2n) is 7.51. The Hall–Kier alpha value is -4.83. The lowest BCUT2D eigenvalue weighted by Gasteiger charge is -2.06. The Labute approximate surface area is 198 Å². The molecular weight excluding hydrogens is 455 g/mol. The average molecular weight is 471 g/mol. The van der Waals surface area contributed by atoms with Crippen molar-refractivity contribution >= 4 is 17.6 Å². The first-order valence-corrected chi connectivity index (χ1v) is 10.3. The highest BCUT2D eigenvalue weighted by molar-refractivity contribution is 6.04. The fourth-order valence-corrected chi connectivity index (χ4v) is 3.32. The summed E-state index contributed by atoms with van der Waals surface area (Å²) in [5.74, 6) is 1.84. The molecule has 0 unspecified atom stereocenters. The molecule has 0 saturated heterocycles. The number of anilines is 1.